The van der Waals surface area contributed by atoms with Crippen molar-refractivity contribution in [3.8, 4) is 16.9 Å². The van der Waals surface area contributed by atoms with Crippen LogP contribution < -0.4 is 10.3 Å². The van der Waals surface area contributed by atoms with Crippen LogP contribution >= 0.6 is 11.3 Å². The molecule has 30 heavy (non-hydrogen) atoms. The maximum atomic E-state index is 15.2. The van der Waals surface area contributed by atoms with Gasteiger partial charge < -0.3 is 14.6 Å². The fourth-order valence-electron chi connectivity index (χ4n) is 4.24. The van der Waals surface area contributed by atoms with Crippen LogP contribution in [0.3, 0.4) is 0 Å². The van der Waals surface area contributed by atoms with Gasteiger partial charge in [0.05, 0.1) is 12.6 Å². The number of ether oxygens (including phenoxy) is 1. The first kappa shape index (κ1) is 20.6. The monoisotopic (exact) mass is 424 g/mol. The van der Waals surface area contributed by atoms with E-state index < -0.39 is 0 Å². The minimum absolute atomic E-state index is 0.0747. The van der Waals surface area contributed by atoms with Gasteiger partial charge in [0.15, 0.2) is 0 Å². The molecule has 2 aromatic carbocycles. The number of hydrogen-bond donors (Lipinski definition) is 1. The topological polar surface area (TPSA) is 45.3 Å². The zero-order valence-electron chi connectivity index (χ0n) is 17.8. The molecule has 0 bridgehead atoms. The molecule has 0 aliphatic rings. The van der Waals surface area contributed by atoms with Gasteiger partial charge in [-0.05, 0) is 67.2 Å². The summed E-state index contributed by atoms with van der Waals surface area (Å²) in [5.74, 6) is 0.502. The summed E-state index contributed by atoms with van der Waals surface area (Å²) in [6.45, 7) is 4.73. The number of halogens is 1. The van der Waals surface area contributed by atoms with Gasteiger partial charge in [-0.2, -0.15) is 0 Å². The van der Waals surface area contributed by atoms with Crippen molar-refractivity contribution in [2.24, 2.45) is 0 Å². The van der Waals surface area contributed by atoms with E-state index >= 15 is 4.39 Å². The number of fused-ring (bicyclic) bond motifs is 3. The standard InChI is InChI=1S/C24H25FN2O2S/c1-13-10-19(29-5)20(21-17-8-9-30-23(17)24(28)26-22(13)21)15-6-7-16(18(25)11-15)14(2)12-27(3)4/h6-11,14H,12H2,1-5H3,(H,26,28). The van der Waals surface area contributed by atoms with Gasteiger partial charge in [-0.3, -0.25) is 4.79 Å². The molecule has 0 aliphatic heterocycles. The van der Waals surface area contributed by atoms with Gasteiger partial charge in [0.25, 0.3) is 5.56 Å². The lowest BCUT2D eigenvalue weighted by atomic mass is 9.92. The quantitative estimate of drug-likeness (QED) is 0.458. The van der Waals surface area contributed by atoms with Crippen molar-refractivity contribution in [2.45, 2.75) is 19.8 Å². The molecule has 2 heterocycles. The molecule has 0 saturated heterocycles. The van der Waals surface area contributed by atoms with E-state index in [-0.39, 0.29) is 17.3 Å². The van der Waals surface area contributed by atoms with Crippen molar-refractivity contribution in [3.63, 3.8) is 0 Å². The lowest BCUT2D eigenvalue weighted by molar-refractivity contribution is 0.378. The molecule has 0 fully saturated rings. The van der Waals surface area contributed by atoms with Crippen molar-refractivity contribution in [1.29, 1.82) is 0 Å². The fourth-order valence-corrected chi connectivity index (χ4v) is 5.04. The number of likely N-dealkylation sites (N-methyl/N-ethyl adjacent to an activating group) is 1. The highest BCUT2D eigenvalue weighted by Gasteiger charge is 2.20. The Labute approximate surface area is 178 Å². The normalized spacial score (nSPS) is 12.8. The Balaban J connectivity index is 2.01. The predicted octanol–water partition coefficient (Wildman–Crippen LogP) is 5.53. The number of H-pyrrole nitrogens is 1. The van der Waals surface area contributed by atoms with E-state index in [0.29, 0.717) is 16.0 Å². The van der Waals surface area contributed by atoms with Gasteiger partial charge in [0.1, 0.15) is 16.3 Å². The second kappa shape index (κ2) is 7.85. The second-order valence-electron chi connectivity index (χ2n) is 8.04. The van der Waals surface area contributed by atoms with Crippen LogP contribution in [0.25, 0.3) is 32.1 Å². The Bertz CT molecular complexity index is 1310. The molecule has 156 valence electrons. The maximum absolute atomic E-state index is 15.2. The summed E-state index contributed by atoms with van der Waals surface area (Å²) < 4.78 is 21.5. The van der Waals surface area contributed by atoms with Crippen LogP contribution in [0.4, 0.5) is 4.39 Å². The second-order valence-corrected chi connectivity index (χ2v) is 8.95. The molecule has 1 N–H and O–H groups in total. The first-order valence-corrected chi connectivity index (χ1v) is 10.7. The highest BCUT2D eigenvalue weighted by molar-refractivity contribution is 7.17. The van der Waals surface area contributed by atoms with Crippen molar-refractivity contribution in [2.75, 3.05) is 27.7 Å². The molecule has 0 spiro atoms. The van der Waals surface area contributed by atoms with Crippen LogP contribution in [0, 0.1) is 12.7 Å². The molecule has 4 rings (SSSR count). The molecule has 6 heteroatoms. The highest BCUT2D eigenvalue weighted by Crippen LogP contribution is 2.42. The van der Waals surface area contributed by atoms with Crippen LogP contribution in [0.5, 0.6) is 5.75 Å². The van der Waals surface area contributed by atoms with E-state index in [2.05, 4.69) is 9.88 Å². The zero-order chi connectivity index (χ0) is 21.6. The SMILES string of the molecule is COc1cc(C)c2[nH]c(=O)c3sccc3c2c1-c1ccc(C(C)CN(C)C)c(F)c1. The average Bonchev–Trinajstić information content (AvgIpc) is 3.18. The summed E-state index contributed by atoms with van der Waals surface area (Å²) >= 11 is 1.40. The Morgan fingerprint density at radius 3 is 2.67 bits per heavy atom. The van der Waals surface area contributed by atoms with Crippen LogP contribution in [0.1, 0.15) is 24.0 Å². The predicted molar refractivity (Wildman–Crippen MR) is 124 cm³/mol. The smallest absolute Gasteiger partial charge is 0.266 e. The molecular weight excluding hydrogens is 399 g/mol. The van der Waals surface area contributed by atoms with E-state index in [4.69, 9.17) is 4.74 Å². The Morgan fingerprint density at radius 2 is 2.00 bits per heavy atom. The zero-order valence-corrected chi connectivity index (χ0v) is 18.6. The summed E-state index contributed by atoms with van der Waals surface area (Å²) in [6, 6.07) is 9.23. The summed E-state index contributed by atoms with van der Waals surface area (Å²) in [4.78, 5) is 17.6. The molecule has 0 amide bonds. The van der Waals surface area contributed by atoms with E-state index in [1.165, 1.54) is 11.3 Å². The molecule has 1 unspecified atom stereocenters. The van der Waals surface area contributed by atoms with Crippen molar-refractivity contribution >= 4 is 32.3 Å². The minimum atomic E-state index is -0.233. The largest absolute Gasteiger partial charge is 0.496 e. The minimum Gasteiger partial charge on any atom is -0.496 e. The van der Waals surface area contributed by atoms with Gasteiger partial charge in [0, 0.05) is 22.9 Å². The Hall–Kier alpha value is -2.70. The third kappa shape index (κ3) is 3.40. The molecular formula is C24H25FN2O2S. The molecule has 4 nitrogen and oxygen atoms in total. The summed E-state index contributed by atoms with van der Waals surface area (Å²) in [5.41, 5.74) is 3.78. The highest BCUT2D eigenvalue weighted by atomic mass is 32.1. The maximum Gasteiger partial charge on any atom is 0.266 e. The van der Waals surface area contributed by atoms with Crippen LogP contribution in [0.15, 0.2) is 40.5 Å². The molecule has 0 aliphatic carbocycles. The van der Waals surface area contributed by atoms with Gasteiger partial charge in [0.2, 0.25) is 0 Å². The summed E-state index contributed by atoms with van der Waals surface area (Å²) in [6.07, 6.45) is 0. The van der Waals surface area contributed by atoms with Gasteiger partial charge in [-0.25, -0.2) is 4.39 Å². The van der Waals surface area contributed by atoms with E-state index in [1.807, 2.05) is 57.6 Å². The molecule has 0 radical (unpaired) electrons. The summed E-state index contributed by atoms with van der Waals surface area (Å²) in [5, 5.41) is 3.65. The number of aryl methyl sites for hydroxylation is 1. The number of nitrogens with one attached hydrogen (secondary N) is 1. The average molecular weight is 425 g/mol. The van der Waals surface area contributed by atoms with Crippen molar-refractivity contribution in [1.82, 2.24) is 9.88 Å². The lowest BCUT2D eigenvalue weighted by Gasteiger charge is -2.19. The Kier molecular flexibility index (Phi) is 5.38. The molecule has 4 aromatic rings. The Morgan fingerprint density at radius 1 is 1.23 bits per heavy atom. The number of pyridine rings is 1. The molecule has 0 saturated carbocycles. The fraction of sp³-hybridized carbons (Fsp3) is 0.292. The van der Waals surface area contributed by atoms with Gasteiger partial charge >= 0.3 is 0 Å². The van der Waals surface area contributed by atoms with E-state index in [9.17, 15) is 4.79 Å². The van der Waals surface area contributed by atoms with Gasteiger partial charge in [-0.15, -0.1) is 11.3 Å². The number of nitrogens with zero attached hydrogens (tertiary/aromatic N) is 1. The number of aromatic nitrogens is 1. The van der Waals surface area contributed by atoms with Crippen LogP contribution in [-0.2, 0) is 0 Å². The third-order valence-corrected chi connectivity index (χ3v) is 6.46. The number of hydrogen-bond acceptors (Lipinski definition) is 4. The molecule has 1 atom stereocenters. The van der Waals surface area contributed by atoms with Crippen molar-refractivity contribution in [3.05, 3.63) is 63.0 Å². The number of aromatic amines is 1. The van der Waals surface area contributed by atoms with Gasteiger partial charge in [-0.1, -0.05) is 19.1 Å². The number of methoxy groups -OCH3 is 1. The van der Waals surface area contributed by atoms with E-state index in [0.717, 1.165) is 39.5 Å². The van der Waals surface area contributed by atoms with Crippen LogP contribution in [-0.4, -0.2) is 37.6 Å². The third-order valence-electron chi connectivity index (χ3n) is 5.55. The molecule has 2 aromatic heterocycles. The van der Waals surface area contributed by atoms with Crippen LogP contribution in [0.2, 0.25) is 0 Å². The first-order valence-electron chi connectivity index (χ1n) is 9.87. The number of rotatable bonds is 5. The number of benzene rings is 2. The lowest BCUT2D eigenvalue weighted by Crippen LogP contribution is -2.19. The first-order chi connectivity index (χ1) is 14.3. The van der Waals surface area contributed by atoms with E-state index in [1.54, 1.807) is 13.2 Å². The summed E-state index contributed by atoms with van der Waals surface area (Å²) in [7, 11) is 5.59. The number of thiophene rings is 1. The van der Waals surface area contributed by atoms with Crippen molar-refractivity contribution < 1.29 is 9.13 Å².